The fourth-order valence-electron chi connectivity index (χ4n) is 0.326. The van der Waals surface area contributed by atoms with Gasteiger partial charge in [-0.15, -0.1) is 0 Å². The van der Waals surface area contributed by atoms with E-state index in [0.29, 0.717) is 13.0 Å². The quantitative estimate of drug-likeness (QED) is 0.284. The maximum absolute atomic E-state index is 9.98. The van der Waals surface area contributed by atoms with Gasteiger partial charge in [-0.05, 0) is 5.92 Å². The zero-order chi connectivity index (χ0) is 7.82. The molecule has 2 amide bonds. The number of primary amides is 1. The fourth-order valence-corrected chi connectivity index (χ4v) is 0.326. The van der Waals surface area contributed by atoms with Crippen LogP contribution in [0.15, 0.2) is 0 Å². The van der Waals surface area contributed by atoms with Crippen molar-refractivity contribution in [1.29, 1.82) is 0 Å². The average molecular weight is 139 g/mol. The minimum Gasteiger partial charge on any atom is -0.359 e. The summed E-state index contributed by atoms with van der Waals surface area (Å²) >= 11 is 0. The molecule has 0 aromatic rings. The Morgan fingerprint density at radius 1 is 1.60 bits per heavy atom. The predicted molar refractivity (Wildman–Crippen MR) is 35.3 cm³/mol. The van der Waals surface area contributed by atoms with E-state index in [2.05, 4.69) is 17.2 Å². The zero-order valence-corrected chi connectivity index (χ0v) is 5.31. The van der Waals surface area contributed by atoms with Crippen LogP contribution in [0.25, 0.3) is 0 Å². The molecule has 53 valence electrons. The molecule has 0 spiro atoms. The van der Waals surface area contributed by atoms with Gasteiger partial charge in [0.15, 0.2) is 0 Å². The Bertz CT molecular complexity index is 178. The first-order valence-corrected chi connectivity index (χ1v) is 2.65. The van der Waals surface area contributed by atoms with Crippen LogP contribution in [0.2, 0.25) is 0 Å². The Hall–Kier alpha value is -1.50. The number of hydrogen-bond donors (Lipinski definition) is 2. The molecule has 0 fully saturated rings. The van der Waals surface area contributed by atoms with Crippen molar-refractivity contribution in [1.82, 2.24) is 5.32 Å². The van der Waals surface area contributed by atoms with Crippen LogP contribution in [0.4, 0.5) is 0 Å². The van der Waals surface area contributed by atoms with Crippen LogP contribution < -0.4 is 11.1 Å². The second kappa shape index (κ2) is 5.63. The molecule has 0 saturated heterocycles. The summed E-state index contributed by atoms with van der Waals surface area (Å²) in [4.78, 5) is 19.5. The average Bonchev–Trinajstić information content (AvgIpc) is 1.87. The van der Waals surface area contributed by atoms with Crippen LogP contribution in [0.3, 0.4) is 0 Å². The summed E-state index contributed by atoms with van der Waals surface area (Å²) in [6.45, 7) is 0.393. The minimum absolute atomic E-state index is 0.393. The van der Waals surface area contributed by atoms with Crippen molar-refractivity contribution in [2.45, 2.75) is 6.42 Å². The third-order valence-corrected chi connectivity index (χ3v) is 0.659. The molecule has 1 radical (unpaired) electrons. The molecule has 0 rings (SSSR count). The van der Waals surface area contributed by atoms with Gasteiger partial charge >= 0.3 is 6.41 Å². The van der Waals surface area contributed by atoms with E-state index in [9.17, 15) is 9.59 Å². The molecule has 0 atom stereocenters. The Kier molecular flexibility index (Phi) is 4.79. The first kappa shape index (κ1) is 8.50. The third-order valence-electron chi connectivity index (χ3n) is 0.659. The topological polar surface area (TPSA) is 72.2 Å². The first-order chi connectivity index (χ1) is 4.77. The number of carbonyl (C=O) groups is 1. The van der Waals surface area contributed by atoms with Crippen molar-refractivity contribution in [3.8, 4) is 11.8 Å². The van der Waals surface area contributed by atoms with Gasteiger partial charge in [0.05, 0.1) is 0 Å². The molecule has 0 saturated carbocycles. The van der Waals surface area contributed by atoms with Crippen molar-refractivity contribution < 1.29 is 9.59 Å². The number of hydrogen-bond acceptors (Lipinski definition) is 2. The number of nitrogens with two attached hydrogens (primary N) is 1. The van der Waals surface area contributed by atoms with Crippen molar-refractivity contribution in [3.63, 3.8) is 0 Å². The van der Waals surface area contributed by atoms with Crippen molar-refractivity contribution >= 4 is 12.3 Å². The molecular weight excluding hydrogens is 132 g/mol. The Morgan fingerprint density at radius 2 is 2.30 bits per heavy atom. The van der Waals surface area contributed by atoms with E-state index in [1.54, 1.807) is 0 Å². The van der Waals surface area contributed by atoms with Crippen molar-refractivity contribution in [2.24, 2.45) is 5.73 Å². The van der Waals surface area contributed by atoms with Gasteiger partial charge in [0.2, 0.25) is 0 Å². The first-order valence-electron chi connectivity index (χ1n) is 2.65. The molecule has 0 heterocycles. The van der Waals surface area contributed by atoms with Gasteiger partial charge in [0.1, 0.15) is 0 Å². The summed E-state index contributed by atoms with van der Waals surface area (Å²) in [7, 11) is 0. The Balaban J connectivity index is 3.28. The molecule has 0 aromatic heterocycles. The van der Waals surface area contributed by atoms with Gasteiger partial charge < -0.3 is 11.1 Å². The number of rotatable bonds is 3. The standard InChI is InChI=1S/C6H7N2O2/c7-6(10)3-1-2-4-8-5-9/h2,4H2,(H2,7,10)(H,8,9). The van der Waals surface area contributed by atoms with Gasteiger partial charge in [-0.25, -0.2) is 0 Å². The van der Waals surface area contributed by atoms with Crippen LogP contribution in [0.5, 0.6) is 0 Å². The fraction of sp³-hybridized carbons (Fsp3) is 0.333. The van der Waals surface area contributed by atoms with E-state index in [1.807, 2.05) is 0 Å². The van der Waals surface area contributed by atoms with Gasteiger partial charge in [-0.3, -0.25) is 9.59 Å². The molecule has 0 aliphatic rings. The normalized spacial score (nSPS) is 7.20. The van der Waals surface area contributed by atoms with E-state index in [-0.39, 0.29) is 0 Å². The number of amides is 2. The summed E-state index contributed by atoms with van der Waals surface area (Å²) < 4.78 is 0. The molecule has 0 unspecified atom stereocenters. The van der Waals surface area contributed by atoms with Gasteiger partial charge in [-0.1, -0.05) is 5.92 Å². The van der Waals surface area contributed by atoms with Gasteiger partial charge in [0, 0.05) is 13.0 Å². The van der Waals surface area contributed by atoms with Crippen LogP contribution >= 0.6 is 0 Å². The summed E-state index contributed by atoms with van der Waals surface area (Å²) in [6.07, 6.45) is 1.89. The lowest BCUT2D eigenvalue weighted by molar-refractivity contribution is -0.112. The van der Waals surface area contributed by atoms with Crippen molar-refractivity contribution in [3.05, 3.63) is 0 Å². The maximum atomic E-state index is 9.98. The van der Waals surface area contributed by atoms with E-state index in [4.69, 9.17) is 5.73 Å². The van der Waals surface area contributed by atoms with E-state index in [1.165, 1.54) is 6.41 Å². The highest BCUT2D eigenvalue weighted by Crippen LogP contribution is 1.68. The predicted octanol–water partition coefficient (Wildman–Crippen LogP) is -1.48. The summed E-state index contributed by atoms with van der Waals surface area (Å²) in [6, 6.07) is 0. The molecule has 3 N–H and O–H groups in total. The largest absolute Gasteiger partial charge is 0.359 e. The van der Waals surface area contributed by atoms with Crippen LogP contribution in [-0.4, -0.2) is 18.9 Å². The van der Waals surface area contributed by atoms with E-state index in [0.717, 1.165) is 0 Å². The monoisotopic (exact) mass is 139 g/mol. The smallest absolute Gasteiger partial charge is 0.309 e. The highest BCUT2D eigenvalue weighted by Gasteiger charge is 1.80. The number of carbonyl (C=O) groups excluding carboxylic acids is 2. The van der Waals surface area contributed by atoms with Crippen LogP contribution in [0.1, 0.15) is 6.42 Å². The molecule has 0 bridgehead atoms. The lowest BCUT2D eigenvalue weighted by Gasteiger charge is -1.85. The van der Waals surface area contributed by atoms with Gasteiger partial charge in [-0.2, -0.15) is 0 Å². The summed E-state index contributed by atoms with van der Waals surface area (Å²) in [5.74, 6) is 3.92. The highest BCUT2D eigenvalue weighted by molar-refractivity contribution is 5.91. The second-order valence-corrected chi connectivity index (χ2v) is 1.44. The lowest BCUT2D eigenvalue weighted by atomic mass is 10.4. The van der Waals surface area contributed by atoms with Gasteiger partial charge in [0.25, 0.3) is 5.91 Å². The molecule has 0 aliphatic carbocycles. The lowest BCUT2D eigenvalue weighted by Crippen LogP contribution is -2.11. The molecule has 0 aromatic carbocycles. The van der Waals surface area contributed by atoms with Crippen molar-refractivity contribution in [2.75, 3.05) is 6.54 Å². The Morgan fingerprint density at radius 3 is 2.80 bits per heavy atom. The zero-order valence-electron chi connectivity index (χ0n) is 5.31. The van der Waals surface area contributed by atoms with E-state index >= 15 is 0 Å². The molecular formula is C6H7N2O2. The third kappa shape index (κ3) is 6.50. The van der Waals surface area contributed by atoms with E-state index < -0.39 is 5.91 Å². The SMILES string of the molecule is NC(=O)C#CCCN[C]=O. The molecule has 4 heteroatoms. The maximum Gasteiger partial charge on any atom is 0.309 e. The highest BCUT2D eigenvalue weighted by atomic mass is 16.1. The Labute approximate surface area is 58.8 Å². The molecule has 0 aliphatic heterocycles. The van der Waals surface area contributed by atoms with Crippen LogP contribution in [0, 0.1) is 11.8 Å². The summed E-state index contributed by atoms with van der Waals surface area (Å²) in [5.41, 5.74) is 4.70. The second-order valence-electron chi connectivity index (χ2n) is 1.44. The van der Waals surface area contributed by atoms with Crippen LogP contribution in [-0.2, 0) is 9.59 Å². The summed E-state index contributed by atoms with van der Waals surface area (Å²) in [5, 5.41) is 2.26. The molecule has 4 nitrogen and oxygen atoms in total. The minimum atomic E-state index is -0.657. The number of nitrogens with one attached hydrogen (secondary N) is 1. The molecule has 10 heavy (non-hydrogen) atoms.